The van der Waals surface area contributed by atoms with E-state index in [1.807, 2.05) is 6.20 Å². The van der Waals surface area contributed by atoms with Gasteiger partial charge in [0.1, 0.15) is 0 Å². The Hall–Kier alpha value is -2.17. The van der Waals surface area contributed by atoms with E-state index >= 15 is 0 Å². The Morgan fingerprint density at radius 2 is 2.00 bits per heavy atom. The Kier molecular flexibility index (Phi) is 3.21. The molecule has 22 heavy (non-hydrogen) atoms. The van der Waals surface area contributed by atoms with Crippen LogP contribution in [0.5, 0.6) is 0 Å². The molecule has 5 nitrogen and oxygen atoms in total. The van der Waals surface area contributed by atoms with Gasteiger partial charge in [-0.05, 0) is 38.3 Å². The lowest BCUT2D eigenvalue weighted by Crippen LogP contribution is -2.14. The Balaban J connectivity index is 1.90. The van der Waals surface area contributed by atoms with Crippen molar-refractivity contribution in [2.24, 2.45) is 0 Å². The van der Waals surface area contributed by atoms with Crippen LogP contribution in [0.2, 0.25) is 0 Å². The quantitative estimate of drug-likeness (QED) is 0.779. The van der Waals surface area contributed by atoms with Gasteiger partial charge in [0.2, 0.25) is 0 Å². The van der Waals surface area contributed by atoms with Crippen molar-refractivity contribution in [3.63, 3.8) is 0 Å². The van der Waals surface area contributed by atoms with Gasteiger partial charge in [-0.3, -0.25) is 0 Å². The van der Waals surface area contributed by atoms with E-state index in [4.69, 9.17) is 10.1 Å². The number of aryl methyl sites for hydroxylation is 2. The SMILES string of the molecule is Cc1cc(-c2cnc[nH]2)nc2c1c(C)nn2C1CCCCC1. The third kappa shape index (κ3) is 2.12. The number of imidazole rings is 1. The second kappa shape index (κ2) is 5.23. The van der Waals surface area contributed by atoms with Gasteiger partial charge in [-0.1, -0.05) is 19.3 Å². The van der Waals surface area contributed by atoms with E-state index < -0.39 is 0 Å². The molecule has 4 rings (SSSR count). The van der Waals surface area contributed by atoms with E-state index in [0.717, 1.165) is 22.7 Å². The van der Waals surface area contributed by atoms with Gasteiger partial charge in [0.05, 0.1) is 35.6 Å². The van der Waals surface area contributed by atoms with Crippen LogP contribution in [0.1, 0.15) is 49.4 Å². The van der Waals surface area contributed by atoms with Gasteiger partial charge in [-0.15, -0.1) is 0 Å². The monoisotopic (exact) mass is 295 g/mol. The molecule has 5 heteroatoms. The zero-order valence-corrected chi connectivity index (χ0v) is 13.1. The molecule has 0 spiro atoms. The number of hydrogen-bond donors (Lipinski definition) is 1. The van der Waals surface area contributed by atoms with E-state index in [2.05, 4.69) is 34.6 Å². The van der Waals surface area contributed by atoms with Crippen LogP contribution in [0.4, 0.5) is 0 Å². The number of hydrogen-bond acceptors (Lipinski definition) is 3. The van der Waals surface area contributed by atoms with Crippen LogP contribution in [-0.2, 0) is 0 Å². The predicted octanol–water partition coefficient (Wildman–Crippen LogP) is 3.94. The maximum absolute atomic E-state index is 4.90. The summed E-state index contributed by atoms with van der Waals surface area (Å²) in [6, 6.07) is 2.62. The summed E-state index contributed by atoms with van der Waals surface area (Å²) in [5, 5.41) is 6.03. The Morgan fingerprint density at radius 1 is 1.18 bits per heavy atom. The molecule has 114 valence electrons. The first-order chi connectivity index (χ1) is 10.7. The van der Waals surface area contributed by atoms with E-state index in [1.165, 1.54) is 43.1 Å². The highest BCUT2D eigenvalue weighted by molar-refractivity contribution is 5.84. The topological polar surface area (TPSA) is 59.4 Å². The van der Waals surface area contributed by atoms with Crippen molar-refractivity contribution in [1.29, 1.82) is 0 Å². The van der Waals surface area contributed by atoms with Crippen LogP contribution >= 0.6 is 0 Å². The van der Waals surface area contributed by atoms with Gasteiger partial charge < -0.3 is 4.98 Å². The Bertz CT molecular complexity index is 794. The van der Waals surface area contributed by atoms with Crippen molar-refractivity contribution in [1.82, 2.24) is 24.7 Å². The van der Waals surface area contributed by atoms with Crippen molar-refractivity contribution >= 4 is 11.0 Å². The highest BCUT2D eigenvalue weighted by Gasteiger charge is 2.21. The lowest BCUT2D eigenvalue weighted by atomic mass is 9.95. The summed E-state index contributed by atoms with van der Waals surface area (Å²) >= 11 is 0. The first-order valence-electron chi connectivity index (χ1n) is 8.09. The molecule has 0 saturated heterocycles. The molecule has 1 aliphatic carbocycles. The van der Waals surface area contributed by atoms with Gasteiger partial charge in [-0.2, -0.15) is 5.10 Å². The zero-order chi connectivity index (χ0) is 15.1. The molecule has 1 saturated carbocycles. The van der Waals surface area contributed by atoms with Crippen molar-refractivity contribution in [2.45, 2.75) is 52.0 Å². The molecule has 1 aliphatic rings. The normalized spacial score (nSPS) is 16.5. The van der Waals surface area contributed by atoms with E-state index in [0.29, 0.717) is 6.04 Å². The van der Waals surface area contributed by atoms with Crippen molar-refractivity contribution in [3.8, 4) is 11.4 Å². The number of rotatable bonds is 2. The number of nitrogens with zero attached hydrogens (tertiary/aromatic N) is 4. The third-order valence-corrected chi connectivity index (χ3v) is 4.73. The fourth-order valence-electron chi connectivity index (χ4n) is 3.64. The summed E-state index contributed by atoms with van der Waals surface area (Å²) in [4.78, 5) is 12.2. The average molecular weight is 295 g/mol. The average Bonchev–Trinajstić information content (AvgIpc) is 3.16. The Morgan fingerprint density at radius 3 is 2.73 bits per heavy atom. The number of pyridine rings is 1. The molecule has 0 atom stereocenters. The molecular weight excluding hydrogens is 274 g/mol. The van der Waals surface area contributed by atoms with Gasteiger partial charge in [-0.25, -0.2) is 14.6 Å². The number of aromatic nitrogens is 5. The molecule has 0 bridgehead atoms. The van der Waals surface area contributed by atoms with Crippen LogP contribution in [0, 0.1) is 13.8 Å². The molecule has 3 aromatic rings. The molecule has 0 unspecified atom stereocenters. The summed E-state index contributed by atoms with van der Waals surface area (Å²) in [6.45, 7) is 4.23. The molecule has 0 amide bonds. The summed E-state index contributed by atoms with van der Waals surface area (Å²) < 4.78 is 2.18. The highest BCUT2D eigenvalue weighted by atomic mass is 15.3. The van der Waals surface area contributed by atoms with E-state index in [9.17, 15) is 0 Å². The minimum absolute atomic E-state index is 0.494. The van der Waals surface area contributed by atoms with Gasteiger partial charge in [0, 0.05) is 5.39 Å². The minimum Gasteiger partial charge on any atom is -0.343 e. The predicted molar refractivity (Wildman–Crippen MR) is 86.7 cm³/mol. The summed E-state index contributed by atoms with van der Waals surface area (Å²) in [7, 11) is 0. The van der Waals surface area contributed by atoms with Gasteiger partial charge in [0.15, 0.2) is 5.65 Å². The number of aromatic amines is 1. The summed E-state index contributed by atoms with van der Waals surface area (Å²) in [5.41, 5.74) is 5.24. The number of H-pyrrole nitrogens is 1. The molecule has 1 N–H and O–H groups in total. The maximum atomic E-state index is 4.90. The highest BCUT2D eigenvalue weighted by Crippen LogP contribution is 2.33. The molecule has 1 fully saturated rings. The molecule has 0 aliphatic heterocycles. The second-order valence-corrected chi connectivity index (χ2v) is 6.31. The summed E-state index contributed by atoms with van der Waals surface area (Å²) in [5.74, 6) is 0. The molecule has 3 heterocycles. The smallest absolute Gasteiger partial charge is 0.159 e. The molecule has 0 aromatic carbocycles. The van der Waals surface area contributed by atoms with Crippen molar-refractivity contribution in [2.75, 3.05) is 0 Å². The largest absolute Gasteiger partial charge is 0.343 e. The fourth-order valence-corrected chi connectivity index (χ4v) is 3.64. The molecular formula is C17H21N5. The van der Waals surface area contributed by atoms with Crippen LogP contribution in [0.3, 0.4) is 0 Å². The lowest BCUT2D eigenvalue weighted by Gasteiger charge is -2.22. The third-order valence-electron chi connectivity index (χ3n) is 4.73. The fraction of sp³-hybridized carbons (Fsp3) is 0.471. The zero-order valence-electron chi connectivity index (χ0n) is 13.1. The van der Waals surface area contributed by atoms with Gasteiger partial charge >= 0.3 is 0 Å². The molecule has 0 radical (unpaired) electrons. The van der Waals surface area contributed by atoms with E-state index in [-0.39, 0.29) is 0 Å². The first-order valence-corrected chi connectivity index (χ1v) is 8.09. The van der Waals surface area contributed by atoms with Crippen LogP contribution < -0.4 is 0 Å². The minimum atomic E-state index is 0.494. The Labute approximate surface area is 129 Å². The molecule has 3 aromatic heterocycles. The number of nitrogens with one attached hydrogen (secondary N) is 1. The van der Waals surface area contributed by atoms with Gasteiger partial charge in [0.25, 0.3) is 0 Å². The van der Waals surface area contributed by atoms with Crippen LogP contribution in [0.15, 0.2) is 18.6 Å². The van der Waals surface area contributed by atoms with Crippen LogP contribution in [-0.4, -0.2) is 24.7 Å². The second-order valence-electron chi connectivity index (χ2n) is 6.31. The lowest BCUT2D eigenvalue weighted by molar-refractivity contribution is 0.335. The van der Waals surface area contributed by atoms with E-state index in [1.54, 1.807) is 6.33 Å². The first kappa shape index (κ1) is 13.5. The number of fused-ring (bicyclic) bond motifs is 1. The summed E-state index contributed by atoms with van der Waals surface area (Å²) in [6.07, 6.45) is 9.88. The van der Waals surface area contributed by atoms with Crippen molar-refractivity contribution < 1.29 is 0 Å². The standard InChI is InChI=1S/C17H21N5/c1-11-8-14(15-9-18-10-19-15)20-17-16(11)12(2)21-22(17)13-6-4-3-5-7-13/h8-10,13H,3-7H2,1-2H3,(H,18,19). The van der Waals surface area contributed by atoms with Crippen molar-refractivity contribution in [3.05, 3.63) is 29.8 Å². The van der Waals surface area contributed by atoms with Crippen LogP contribution in [0.25, 0.3) is 22.4 Å². The maximum Gasteiger partial charge on any atom is 0.159 e.